The smallest absolute Gasteiger partial charge is 0.407 e. The average Bonchev–Trinajstić information content (AvgIpc) is 2.58. The standard InChI is InChI=1S/C20H24ClN3O2/c1-24(2)19-17(21)9-6-10-18(19)22-15-11-16(12-15)23-20(25)26-13-14-7-4-3-5-8-14/h3-10,15-16,22H,11-13H2,1-2H3,(H,23,25). The molecule has 26 heavy (non-hydrogen) atoms. The Kier molecular flexibility index (Phi) is 5.89. The maximum Gasteiger partial charge on any atom is 0.407 e. The number of amides is 1. The molecule has 0 unspecified atom stereocenters. The van der Waals surface area contributed by atoms with Crippen LogP contribution in [0, 0.1) is 0 Å². The molecule has 0 bridgehead atoms. The summed E-state index contributed by atoms with van der Waals surface area (Å²) in [6.07, 6.45) is 1.36. The Morgan fingerprint density at radius 2 is 1.85 bits per heavy atom. The van der Waals surface area contributed by atoms with E-state index in [2.05, 4.69) is 10.6 Å². The summed E-state index contributed by atoms with van der Waals surface area (Å²) in [6, 6.07) is 16.0. The molecule has 1 fully saturated rings. The Morgan fingerprint density at radius 3 is 2.54 bits per heavy atom. The topological polar surface area (TPSA) is 53.6 Å². The Labute approximate surface area is 159 Å². The van der Waals surface area contributed by atoms with Gasteiger partial charge in [-0.3, -0.25) is 0 Å². The summed E-state index contributed by atoms with van der Waals surface area (Å²) >= 11 is 6.30. The normalized spacial score (nSPS) is 18.6. The first kappa shape index (κ1) is 18.4. The lowest BCUT2D eigenvalue weighted by molar-refractivity contribution is 0.129. The number of alkyl carbamates (subject to hydrolysis) is 1. The largest absolute Gasteiger partial charge is 0.445 e. The molecule has 138 valence electrons. The second kappa shape index (κ2) is 8.32. The molecular weight excluding hydrogens is 350 g/mol. The van der Waals surface area contributed by atoms with E-state index in [1.165, 1.54) is 0 Å². The van der Waals surface area contributed by atoms with E-state index in [9.17, 15) is 4.79 Å². The molecule has 1 aliphatic rings. The third-order valence-corrected chi connectivity index (χ3v) is 4.77. The van der Waals surface area contributed by atoms with Crippen molar-refractivity contribution >= 4 is 29.1 Å². The van der Waals surface area contributed by atoms with Gasteiger partial charge in [0, 0.05) is 26.2 Å². The monoisotopic (exact) mass is 373 g/mol. The Balaban J connectivity index is 1.43. The van der Waals surface area contributed by atoms with E-state index < -0.39 is 0 Å². The van der Waals surface area contributed by atoms with Gasteiger partial charge in [0.15, 0.2) is 0 Å². The summed E-state index contributed by atoms with van der Waals surface area (Å²) in [5.74, 6) is 0. The van der Waals surface area contributed by atoms with Gasteiger partial charge in [-0.15, -0.1) is 0 Å². The molecule has 0 aromatic heterocycles. The molecule has 2 aromatic rings. The van der Waals surface area contributed by atoms with Crippen LogP contribution in [0.2, 0.25) is 5.02 Å². The van der Waals surface area contributed by atoms with Crippen molar-refractivity contribution in [1.29, 1.82) is 0 Å². The van der Waals surface area contributed by atoms with Crippen LogP contribution in [0.1, 0.15) is 18.4 Å². The molecule has 0 spiro atoms. The molecule has 0 atom stereocenters. The maximum absolute atomic E-state index is 11.9. The number of carbonyl (C=O) groups is 1. The number of ether oxygens (including phenoxy) is 1. The molecule has 1 amide bonds. The highest BCUT2D eigenvalue weighted by Gasteiger charge is 2.31. The van der Waals surface area contributed by atoms with Crippen LogP contribution < -0.4 is 15.5 Å². The number of carbonyl (C=O) groups excluding carboxylic acids is 1. The number of halogens is 1. The van der Waals surface area contributed by atoms with E-state index in [0.717, 1.165) is 34.8 Å². The molecule has 0 aliphatic heterocycles. The summed E-state index contributed by atoms with van der Waals surface area (Å²) in [4.78, 5) is 13.9. The van der Waals surface area contributed by atoms with E-state index in [-0.39, 0.29) is 18.7 Å². The third-order valence-electron chi connectivity index (χ3n) is 4.47. The molecule has 0 radical (unpaired) electrons. The number of nitrogens with zero attached hydrogens (tertiary/aromatic N) is 1. The Morgan fingerprint density at radius 1 is 1.12 bits per heavy atom. The summed E-state index contributed by atoms with van der Waals surface area (Å²) < 4.78 is 5.26. The quantitative estimate of drug-likeness (QED) is 0.793. The van der Waals surface area contributed by atoms with Crippen LogP contribution in [0.3, 0.4) is 0 Å². The van der Waals surface area contributed by atoms with Gasteiger partial charge in [0.1, 0.15) is 6.61 Å². The van der Waals surface area contributed by atoms with Crippen molar-refractivity contribution in [1.82, 2.24) is 5.32 Å². The summed E-state index contributed by atoms with van der Waals surface area (Å²) in [7, 11) is 3.94. The van der Waals surface area contributed by atoms with Gasteiger partial charge in [-0.1, -0.05) is 48.0 Å². The molecule has 1 aliphatic carbocycles. The van der Waals surface area contributed by atoms with Crippen molar-refractivity contribution in [3.8, 4) is 0 Å². The van der Waals surface area contributed by atoms with E-state index in [0.29, 0.717) is 6.04 Å². The van der Waals surface area contributed by atoms with Gasteiger partial charge < -0.3 is 20.3 Å². The van der Waals surface area contributed by atoms with E-state index >= 15 is 0 Å². The number of rotatable bonds is 6. The molecular formula is C20H24ClN3O2. The van der Waals surface area contributed by atoms with Gasteiger partial charge in [0.05, 0.1) is 16.4 Å². The SMILES string of the molecule is CN(C)c1c(Cl)cccc1NC1CC(NC(=O)OCc2ccccc2)C1. The minimum Gasteiger partial charge on any atom is -0.445 e. The van der Waals surface area contributed by atoms with Gasteiger partial charge in [-0.25, -0.2) is 4.79 Å². The van der Waals surface area contributed by atoms with Crippen LogP contribution in [0.5, 0.6) is 0 Å². The lowest BCUT2D eigenvalue weighted by Gasteiger charge is -2.37. The van der Waals surface area contributed by atoms with Crippen LogP contribution in [-0.4, -0.2) is 32.3 Å². The highest BCUT2D eigenvalue weighted by molar-refractivity contribution is 6.34. The number of hydrogen-bond donors (Lipinski definition) is 2. The van der Waals surface area contributed by atoms with Gasteiger partial charge in [-0.05, 0) is 30.5 Å². The first-order chi connectivity index (χ1) is 12.5. The first-order valence-electron chi connectivity index (χ1n) is 8.72. The molecule has 0 heterocycles. The van der Waals surface area contributed by atoms with Gasteiger partial charge in [0.25, 0.3) is 0 Å². The van der Waals surface area contributed by atoms with Crippen LogP contribution in [-0.2, 0) is 11.3 Å². The van der Waals surface area contributed by atoms with Crippen molar-refractivity contribution < 1.29 is 9.53 Å². The van der Waals surface area contributed by atoms with E-state index in [1.807, 2.05) is 67.5 Å². The molecule has 2 aromatic carbocycles. The predicted molar refractivity (Wildman–Crippen MR) is 106 cm³/mol. The van der Waals surface area contributed by atoms with Crippen LogP contribution in [0.25, 0.3) is 0 Å². The number of hydrogen-bond acceptors (Lipinski definition) is 4. The van der Waals surface area contributed by atoms with Crippen molar-refractivity contribution in [3.63, 3.8) is 0 Å². The van der Waals surface area contributed by atoms with Gasteiger partial charge >= 0.3 is 6.09 Å². The predicted octanol–water partition coefficient (Wildman–Crippen LogP) is 4.28. The summed E-state index contributed by atoms with van der Waals surface area (Å²) in [5, 5.41) is 7.15. The fourth-order valence-electron chi connectivity index (χ4n) is 3.09. The number of benzene rings is 2. The number of nitrogens with one attached hydrogen (secondary N) is 2. The van der Waals surface area contributed by atoms with Crippen molar-refractivity contribution in [2.75, 3.05) is 24.3 Å². The van der Waals surface area contributed by atoms with Crippen molar-refractivity contribution in [3.05, 3.63) is 59.1 Å². The van der Waals surface area contributed by atoms with E-state index in [4.69, 9.17) is 16.3 Å². The number of anilines is 2. The molecule has 2 N–H and O–H groups in total. The van der Waals surface area contributed by atoms with Crippen LogP contribution in [0.15, 0.2) is 48.5 Å². The molecule has 3 rings (SSSR count). The molecule has 1 saturated carbocycles. The van der Waals surface area contributed by atoms with Crippen molar-refractivity contribution in [2.45, 2.75) is 31.5 Å². The zero-order chi connectivity index (χ0) is 18.5. The third kappa shape index (κ3) is 4.61. The highest BCUT2D eigenvalue weighted by atomic mass is 35.5. The second-order valence-corrected chi connectivity index (χ2v) is 7.15. The van der Waals surface area contributed by atoms with Gasteiger partial charge in [-0.2, -0.15) is 0 Å². The molecule has 0 saturated heterocycles. The fourth-order valence-corrected chi connectivity index (χ4v) is 3.43. The van der Waals surface area contributed by atoms with Gasteiger partial charge in [0.2, 0.25) is 0 Å². The minimum absolute atomic E-state index is 0.137. The lowest BCUT2D eigenvalue weighted by atomic mass is 9.86. The molecule has 5 nitrogen and oxygen atoms in total. The highest BCUT2D eigenvalue weighted by Crippen LogP contribution is 2.35. The second-order valence-electron chi connectivity index (χ2n) is 6.75. The Hall–Kier alpha value is -2.40. The fraction of sp³-hybridized carbons (Fsp3) is 0.350. The first-order valence-corrected chi connectivity index (χ1v) is 9.10. The summed E-state index contributed by atoms with van der Waals surface area (Å²) in [6.45, 7) is 0.287. The summed E-state index contributed by atoms with van der Waals surface area (Å²) in [5.41, 5.74) is 2.97. The van der Waals surface area contributed by atoms with Crippen molar-refractivity contribution in [2.24, 2.45) is 0 Å². The van der Waals surface area contributed by atoms with Crippen LogP contribution in [0.4, 0.5) is 16.2 Å². The Bertz CT molecular complexity index is 746. The zero-order valence-corrected chi connectivity index (χ0v) is 15.8. The minimum atomic E-state index is -0.367. The lowest BCUT2D eigenvalue weighted by Crippen LogP contribution is -2.49. The molecule has 6 heteroatoms. The van der Waals surface area contributed by atoms with E-state index in [1.54, 1.807) is 0 Å². The number of para-hydroxylation sites is 1. The van der Waals surface area contributed by atoms with Crippen LogP contribution >= 0.6 is 11.6 Å². The zero-order valence-electron chi connectivity index (χ0n) is 15.0. The average molecular weight is 374 g/mol. The maximum atomic E-state index is 11.9.